The summed E-state index contributed by atoms with van der Waals surface area (Å²) in [6.45, 7) is 3.90. The zero-order valence-electron chi connectivity index (χ0n) is 18.3. The molecule has 3 aromatic rings. The molecule has 2 N–H and O–H groups in total. The Bertz CT molecular complexity index is 1150. The van der Waals surface area contributed by atoms with E-state index in [1.807, 2.05) is 28.6 Å². The number of carboxylic acids is 2. The van der Waals surface area contributed by atoms with E-state index in [4.69, 9.17) is 16.3 Å². The summed E-state index contributed by atoms with van der Waals surface area (Å²) in [5.74, 6) is -1.21. The van der Waals surface area contributed by atoms with Crippen LogP contribution in [0.3, 0.4) is 0 Å². The van der Waals surface area contributed by atoms with Crippen molar-refractivity contribution in [1.82, 2.24) is 14.4 Å². The molecule has 1 saturated heterocycles. The van der Waals surface area contributed by atoms with Crippen LogP contribution in [0.15, 0.2) is 48.7 Å². The fourth-order valence-electron chi connectivity index (χ4n) is 4.33. The number of aryl methyl sites for hydroxylation is 1. The van der Waals surface area contributed by atoms with Gasteiger partial charge in [0.15, 0.2) is 0 Å². The van der Waals surface area contributed by atoms with Crippen LogP contribution in [-0.4, -0.2) is 75.8 Å². The fourth-order valence-corrected chi connectivity index (χ4v) is 4.45. The molecule has 1 aliphatic rings. The summed E-state index contributed by atoms with van der Waals surface area (Å²) >= 11 is 5.89. The third kappa shape index (κ3) is 5.13. The zero-order chi connectivity index (χ0) is 23.5. The Hall–Kier alpha value is -3.07. The van der Waals surface area contributed by atoms with Crippen LogP contribution in [0.5, 0.6) is 5.75 Å². The Morgan fingerprint density at radius 2 is 1.76 bits per heavy atom. The first-order chi connectivity index (χ1) is 15.8. The molecule has 1 fully saturated rings. The van der Waals surface area contributed by atoms with Crippen molar-refractivity contribution in [2.24, 2.45) is 7.05 Å². The van der Waals surface area contributed by atoms with Gasteiger partial charge in [-0.3, -0.25) is 14.6 Å². The van der Waals surface area contributed by atoms with Gasteiger partial charge in [-0.25, -0.2) is 4.79 Å². The van der Waals surface area contributed by atoms with Gasteiger partial charge in [0.1, 0.15) is 18.4 Å². The lowest BCUT2D eigenvalue weighted by atomic mass is 10.0. The Labute approximate surface area is 196 Å². The molecular formula is C24H26ClN3O5. The maximum atomic E-state index is 12.3. The summed E-state index contributed by atoms with van der Waals surface area (Å²) in [6.07, 6.45) is 1.79. The van der Waals surface area contributed by atoms with Gasteiger partial charge < -0.3 is 19.5 Å². The molecule has 0 bridgehead atoms. The molecule has 0 amide bonds. The second kappa shape index (κ2) is 9.82. The first-order valence-corrected chi connectivity index (χ1v) is 11.1. The van der Waals surface area contributed by atoms with Crippen LogP contribution in [0, 0.1) is 0 Å². The maximum Gasteiger partial charge on any atom is 0.335 e. The van der Waals surface area contributed by atoms with E-state index >= 15 is 0 Å². The average molecular weight is 472 g/mol. The number of aromatic carboxylic acids is 1. The van der Waals surface area contributed by atoms with Crippen molar-refractivity contribution in [2.45, 2.75) is 6.04 Å². The van der Waals surface area contributed by atoms with Crippen LogP contribution in [0.4, 0.5) is 0 Å². The number of aliphatic carboxylic acids is 1. The van der Waals surface area contributed by atoms with E-state index in [0.717, 1.165) is 30.9 Å². The average Bonchev–Trinajstić information content (AvgIpc) is 3.11. The largest absolute Gasteiger partial charge is 0.492 e. The highest BCUT2D eigenvalue weighted by Crippen LogP contribution is 2.31. The molecule has 4 rings (SSSR count). The van der Waals surface area contributed by atoms with Crippen molar-refractivity contribution < 1.29 is 24.5 Å². The Morgan fingerprint density at radius 3 is 2.39 bits per heavy atom. The molecule has 1 atom stereocenters. The molecule has 9 heteroatoms. The number of piperazine rings is 1. The molecule has 174 valence electrons. The smallest absolute Gasteiger partial charge is 0.335 e. The summed E-state index contributed by atoms with van der Waals surface area (Å²) < 4.78 is 7.61. The van der Waals surface area contributed by atoms with E-state index in [1.54, 1.807) is 30.5 Å². The van der Waals surface area contributed by atoms with Gasteiger partial charge in [0.25, 0.3) is 0 Å². The molecule has 1 aromatic heterocycles. The number of aromatic nitrogens is 1. The number of carbonyl (C=O) groups is 2. The van der Waals surface area contributed by atoms with E-state index in [2.05, 4.69) is 4.90 Å². The highest BCUT2D eigenvalue weighted by molar-refractivity contribution is 6.30. The minimum atomic E-state index is -1.03. The maximum absolute atomic E-state index is 12.3. The van der Waals surface area contributed by atoms with Gasteiger partial charge in [-0.1, -0.05) is 11.6 Å². The fraction of sp³-hybridized carbons (Fsp3) is 0.333. The SMILES string of the molecule is Cn1cc([C@H](C(=O)O)N2CCN(CCOc3ccc(Cl)cc3)CC2)c2cc(C(=O)O)ccc21. The third-order valence-corrected chi connectivity index (χ3v) is 6.31. The molecule has 1 aliphatic heterocycles. The van der Waals surface area contributed by atoms with E-state index in [1.165, 1.54) is 6.07 Å². The second-order valence-corrected chi connectivity index (χ2v) is 8.59. The first kappa shape index (κ1) is 23.1. The van der Waals surface area contributed by atoms with Gasteiger partial charge >= 0.3 is 11.9 Å². The molecule has 33 heavy (non-hydrogen) atoms. The molecule has 0 aliphatic carbocycles. The lowest BCUT2D eigenvalue weighted by Crippen LogP contribution is -2.50. The van der Waals surface area contributed by atoms with Crippen LogP contribution in [0.2, 0.25) is 5.02 Å². The third-order valence-electron chi connectivity index (χ3n) is 6.06. The quantitative estimate of drug-likeness (QED) is 0.520. The van der Waals surface area contributed by atoms with E-state index in [9.17, 15) is 19.8 Å². The number of hydrogen-bond donors (Lipinski definition) is 2. The number of hydrogen-bond acceptors (Lipinski definition) is 5. The summed E-state index contributed by atoms with van der Waals surface area (Å²) in [5, 5.41) is 20.8. The normalized spacial score (nSPS) is 16.1. The minimum absolute atomic E-state index is 0.143. The summed E-state index contributed by atoms with van der Waals surface area (Å²) in [4.78, 5) is 27.9. The summed E-state index contributed by atoms with van der Waals surface area (Å²) in [7, 11) is 1.84. The van der Waals surface area contributed by atoms with Crippen molar-refractivity contribution in [1.29, 1.82) is 0 Å². The van der Waals surface area contributed by atoms with Crippen LogP contribution in [-0.2, 0) is 11.8 Å². The lowest BCUT2D eigenvalue weighted by molar-refractivity contribution is -0.144. The molecule has 8 nitrogen and oxygen atoms in total. The number of benzene rings is 2. The van der Waals surface area contributed by atoms with Crippen molar-refractivity contribution in [3.8, 4) is 5.75 Å². The molecule has 0 unspecified atom stereocenters. The van der Waals surface area contributed by atoms with Crippen LogP contribution >= 0.6 is 11.6 Å². The van der Waals surface area contributed by atoms with Gasteiger partial charge in [-0.05, 0) is 42.5 Å². The van der Waals surface area contributed by atoms with Crippen LogP contribution < -0.4 is 4.74 Å². The van der Waals surface area contributed by atoms with E-state index < -0.39 is 18.0 Å². The predicted molar refractivity (Wildman–Crippen MR) is 125 cm³/mol. The van der Waals surface area contributed by atoms with Gasteiger partial charge in [-0.15, -0.1) is 0 Å². The predicted octanol–water partition coefficient (Wildman–Crippen LogP) is 3.35. The van der Waals surface area contributed by atoms with Crippen molar-refractivity contribution in [2.75, 3.05) is 39.3 Å². The molecule has 0 radical (unpaired) electrons. The number of ether oxygens (including phenoxy) is 1. The Balaban J connectivity index is 1.43. The van der Waals surface area contributed by atoms with E-state index in [0.29, 0.717) is 35.7 Å². The minimum Gasteiger partial charge on any atom is -0.492 e. The topological polar surface area (TPSA) is 95.2 Å². The standard InChI is InChI=1S/C24H26ClN3O5/c1-26-15-20(19-14-16(23(29)30)2-7-21(19)26)22(24(31)32)28-10-8-27(9-11-28)12-13-33-18-5-3-17(25)4-6-18/h2-7,14-15,22H,8-13H2,1H3,(H,29,30)(H,31,32)/t22-/m1/s1. The van der Waals surface area contributed by atoms with Gasteiger partial charge in [0.2, 0.25) is 0 Å². The summed E-state index contributed by atoms with van der Waals surface area (Å²) in [5.41, 5.74) is 1.56. The van der Waals surface area contributed by atoms with E-state index in [-0.39, 0.29) is 5.56 Å². The van der Waals surface area contributed by atoms with Crippen molar-refractivity contribution in [3.05, 3.63) is 64.8 Å². The number of carboxylic acid groups (broad SMARTS) is 2. The molecule has 2 heterocycles. The number of fused-ring (bicyclic) bond motifs is 1. The number of halogens is 1. The Kier molecular flexibility index (Phi) is 6.88. The Morgan fingerprint density at radius 1 is 1.06 bits per heavy atom. The van der Waals surface area contributed by atoms with Gasteiger partial charge in [-0.2, -0.15) is 0 Å². The summed E-state index contributed by atoms with van der Waals surface area (Å²) in [6, 6.07) is 11.2. The highest BCUT2D eigenvalue weighted by atomic mass is 35.5. The molecule has 0 spiro atoms. The van der Waals surface area contributed by atoms with Crippen LogP contribution in [0.1, 0.15) is 22.0 Å². The number of nitrogens with zero attached hydrogens (tertiary/aromatic N) is 3. The second-order valence-electron chi connectivity index (χ2n) is 8.15. The number of rotatable bonds is 8. The molecular weight excluding hydrogens is 446 g/mol. The van der Waals surface area contributed by atoms with Crippen molar-refractivity contribution >= 4 is 34.4 Å². The highest BCUT2D eigenvalue weighted by Gasteiger charge is 2.32. The van der Waals surface area contributed by atoms with Gasteiger partial charge in [0, 0.05) is 67.5 Å². The van der Waals surface area contributed by atoms with Crippen LogP contribution in [0.25, 0.3) is 10.9 Å². The first-order valence-electron chi connectivity index (χ1n) is 10.7. The van der Waals surface area contributed by atoms with Gasteiger partial charge in [0.05, 0.1) is 5.56 Å². The molecule has 0 saturated carbocycles. The monoisotopic (exact) mass is 471 g/mol. The lowest BCUT2D eigenvalue weighted by Gasteiger charge is -2.37. The van der Waals surface area contributed by atoms with Crippen molar-refractivity contribution in [3.63, 3.8) is 0 Å². The zero-order valence-corrected chi connectivity index (χ0v) is 19.0. The molecule has 2 aromatic carbocycles.